The van der Waals surface area contributed by atoms with Crippen molar-refractivity contribution in [3.8, 4) is 0 Å². The molecular formula is C16H16ClNO2. The second-order valence-corrected chi connectivity index (χ2v) is 5.07. The van der Waals surface area contributed by atoms with Crippen LogP contribution in [0, 0.1) is 6.92 Å². The predicted octanol–water partition coefficient (Wildman–Crippen LogP) is 4.00. The first-order chi connectivity index (χ1) is 9.56. The molecule has 2 aromatic rings. The second kappa shape index (κ2) is 6.44. The zero-order chi connectivity index (χ0) is 14.5. The molecule has 0 fully saturated rings. The summed E-state index contributed by atoms with van der Waals surface area (Å²) in [5.74, 6) is -0.974. The van der Waals surface area contributed by atoms with Crippen LogP contribution in [0.2, 0.25) is 5.02 Å². The summed E-state index contributed by atoms with van der Waals surface area (Å²) in [7, 11) is 0. The lowest BCUT2D eigenvalue weighted by Crippen LogP contribution is -2.06. The average molecular weight is 290 g/mol. The van der Waals surface area contributed by atoms with Gasteiger partial charge >= 0.3 is 5.97 Å². The Morgan fingerprint density at radius 1 is 1.25 bits per heavy atom. The van der Waals surface area contributed by atoms with Gasteiger partial charge in [0.2, 0.25) is 0 Å². The van der Waals surface area contributed by atoms with E-state index in [0.29, 0.717) is 5.02 Å². The molecule has 0 amide bonds. The Labute approximate surface area is 123 Å². The molecule has 4 heteroatoms. The standard InChI is InChI=1S/C16H16ClNO2/c1-11-3-2-4-12(9-11)7-8-18-15-6-5-13(16(19)20)10-14(15)17/h2-6,9-10,18H,7-8H2,1H3,(H,19,20). The molecule has 0 spiro atoms. The third kappa shape index (κ3) is 3.75. The zero-order valence-electron chi connectivity index (χ0n) is 11.2. The highest BCUT2D eigenvalue weighted by Crippen LogP contribution is 2.23. The van der Waals surface area contributed by atoms with E-state index in [9.17, 15) is 4.79 Å². The van der Waals surface area contributed by atoms with E-state index in [0.717, 1.165) is 18.7 Å². The quantitative estimate of drug-likeness (QED) is 0.874. The smallest absolute Gasteiger partial charge is 0.335 e. The number of carboxylic acid groups (broad SMARTS) is 1. The van der Waals surface area contributed by atoms with Crippen LogP contribution in [-0.4, -0.2) is 17.6 Å². The Morgan fingerprint density at radius 2 is 2.05 bits per heavy atom. The average Bonchev–Trinajstić information content (AvgIpc) is 2.40. The SMILES string of the molecule is Cc1cccc(CCNc2ccc(C(=O)O)cc2Cl)c1. The number of carboxylic acids is 1. The molecule has 0 saturated heterocycles. The van der Waals surface area contributed by atoms with Crippen LogP contribution in [0.15, 0.2) is 42.5 Å². The maximum atomic E-state index is 10.8. The molecule has 0 aliphatic carbocycles. The highest BCUT2D eigenvalue weighted by Gasteiger charge is 2.06. The van der Waals surface area contributed by atoms with Gasteiger partial charge in [0.15, 0.2) is 0 Å². The van der Waals surface area contributed by atoms with Crippen LogP contribution in [0.3, 0.4) is 0 Å². The van der Waals surface area contributed by atoms with Crippen molar-refractivity contribution in [1.82, 2.24) is 0 Å². The minimum absolute atomic E-state index is 0.194. The maximum absolute atomic E-state index is 10.8. The molecule has 2 aromatic carbocycles. The van der Waals surface area contributed by atoms with E-state index in [2.05, 4.69) is 30.4 Å². The van der Waals surface area contributed by atoms with Gasteiger partial charge in [-0.1, -0.05) is 41.4 Å². The minimum Gasteiger partial charge on any atom is -0.478 e. The third-order valence-electron chi connectivity index (χ3n) is 3.03. The summed E-state index contributed by atoms with van der Waals surface area (Å²) >= 11 is 6.05. The van der Waals surface area contributed by atoms with Crippen LogP contribution in [0.25, 0.3) is 0 Å². The Kier molecular flexibility index (Phi) is 4.64. The van der Waals surface area contributed by atoms with Crippen molar-refractivity contribution in [2.75, 3.05) is 11.9 Å². The molecular weight excluding hydrogens is 274 g/mol. The van der Waals surface area contributed by atoms with Crippen molar-refractivity contribution in [3.05, 3.63) is 64.2 Å². The van der Waals surface area contributed by atoms with Crippen LogP contribution in [0.4, 0.5) is 5.69 Å². The number of nitrogens with one attached hydrogen (secondary N) is 1. The molecule has 0 unspecified atom stereocenters. The number of benzene rings is 2. The predicted molar refractivity (Wildman–Crippen MR) is 81.8 cm³/mol. The number of carbonyl (C=O) groups is 1. The van der Waals surface area contributed by atoms with E-state index < -0.39 is 5.97 Å². The van der Waals surface area contributed by atoms with E-state index in [1.165, 1.54) is 17.2 Å². The van der Waals surface area contributed by atoms with E-state index in [-0.39, 0.29) is 5.56 Å². The van der Waals surface area contributed by atoms with Crippen LogP contribution < -0.4 is 5.32 Å². The Morgan fingerprint density at radius 3 is 2.70 bits per heavy atom. The molecule has 0 radical (unpaired) electrons. The van der Waals surface area contributed by atoms with E-state index in [1.54, 1.807) is 12.1 Å². The first kappa shape index (κ1) is 14.4. The summed E-state index contributed by atoms with van der Waals surface area (Å²) in [4.78, 5) is 10.8. The second-order valence-electron chi connectivity index (χ2n) is 4.67. The van der Waals surface area contributed by atoms with Gasteiger partial charge in [0.1, 0.15) is 0 Å². The summed E-state index contributed by atoms with van der Waals surface area (Å²) in [5.41, 5.74) is 3.45. The number of hydrogen-bond acceptors (Lipinski definition) is 2. The van der Waals surface area contributed by atoms with Gasteiger partial charge in [-0.2, -0.15) is 0 Å². The number of hydrogen-bond donors (Lipinski definition) is 2. The first-order valence-electron chi connectivity index (χ1n) is 6.38. The number of halogens is 1. The summed E-state index contributed by atoms with van der Waals surface area (Å²) < 4.78 is 0. The van der Waals surface area contributed by atoms with Gasteiger partial charge in [-0.15, -0.1) is 0 Å². The fraction of sp³-hybridized carbons (Fsp3) is 0.188. The molecule has 3 nitrogen and oxygen atoms in total. The Bertz CT molecular complexity index is 626. The normalized spacial score (nSPS) is 10.3. The molecule has 2 rings (SSSR count). The number of aryl methyl sites for hydroxylation is 1. The van der Waals surface area contributed by atoms with Crippen LogP contribution >= 0.6 is 11.6 Å². The lowest BCUT2D eigenvalue weighted by atomic mass is 10.1. The van der Waals surface area contributed by atoms with Crippen molar-refractivity contribution in [2.45, 2.75) is 13.3 Å². The van der Waals surface area contributed by atoms with Crippen LogP contribution in [0.1, 0.15) is 21.5 Å². The van der Waals surface area contributed by atoms with Crippen molar-refractivity contribution >= 4 is 23.3 Å². The third-order valence-corrected chi connectivity index (χ3v) is 3.34. The van der Waals surface area contributed by atoms with Gasteiger partial charge in [-0.05, 0) is 37.1 Å². The summed E-state index contributed by atoms with van der Waals surface area (Å²) in [6.07, 6.45) is 0.888. The highest BCUT2D eigenvalue weighted by atomic mass is 35.5. The van der Waals surface area contributed by atoms with Crippen molar-refractivity contribution in [3.63, 3.8) is 0 Å². The van der Waals surface area contributed by atoms with E-state index in [1.807, 2.05) is 6.07 Å². The summed E-state index contributed by atoms with van der Waals surface area (Å²) in [5, 5.41) is 12.5. The molecule has 2 N–H and O–H groups in total. The van der Waals surface area contributed by atoms with Crippen LogP contribution in [-0.2, 0) is 6.42 Å². The number of aromatic carboxylic acids is 1. The number of anilines is 1. The Hall–Kier alpha value is -2.00. The van der Waals surface area contributed by atoms with E-state index in [4.69, 9.17) is 16.7 Å². The summed E-state index contributed by atoms with van der Waals surface area (Å²) in [6.45, 7) is 2.81. The molecule has 0 aliphatic heterocycles. The zero-order valence-corrected chi connectivity index (χ0v) is 11.9. The van der Waals surface area contributed by atoms with Gasteiger partial charge in [0.25, 0.3) is 0 Å². The van der Waals surface area contributed by atoms with Gasteiger partial charge in [0.05, 0.1) is 16.3 Å². The first-order valence-corrected chi connectivity index (χ1v) is 6.76. The molecule has 0 heterocycles. The topological polar surface area (TPSA) is 49.3 Å². The van der Waals surface area contributed by atoms with Gasteiger partial charge < -0.3 is 10.4 Å². The Balaban J connectivity index is 1.96. The van der Waals surface area contributed by atoms with Crippen LogP contribution in [0.5, 0.6) is 0 Å². The van der Waals surface area contributed by atoms with Crippen molar-refractivity contribution < 1.29 is 9.90 Å². The largest absolute Gasteiger partial charge is 0.478 e. The highest BCUT2D eigenvalue weighted by molar-refractivity contribution is 6.33. The molecule has 0 aromatic heterocycles. The van der Waals surface area contributed by atoms with E-state index >= 15 is 0 Å². The molecule has 0 saturated carbocycles. The van der Waals surface area contributed by atoms with Gasteiger partial charge in [-0.3, -0.25) is 0 Å². The fourth-order valence-corrected chi connectivity index (χ4v) is 2.25. The lowest BCUT2D eigenvalue weighted by molar-refractivity contribution is 0.0697. The molecule has 20 heavy (non-hydrogen) atoms. The molecule has 0 aliphatic rings. The van der Waals surface area contributed by atoms with Crippen molar-refractivity contribution in [1.29, 1.82) is 0 Å². The minimum atomic E-state index is -0.974. The number of rotatable bonds is 5. The maximum Gasteiger partial charge on any atom is 0.335 e. The van der Waals surface area contributed by atoms with Crippen molar-refractivity contribution in [2.24, 2.45) is 0 Å². The molecule has 0 bridgehead atoms. The lowest BCUT2D eigenvalue weighted by Gasteiger charge is -2.09. The monoisotopic (exact) mass is 289 g/mol. The molecule has 104 valence electrons. The molecule has 0 atom stereocenters. The van der Waals surface area contributed by atoms with Gasteiger partial charge in [-0.25, -0.2) is 4.79 Å². The fourth-order valence-electron chi connectivity index (χ4n) is 2.00. The summed E-state index contributed by atoms with van der Waals surface area (Å²) in [6, 6.07) is 13.0. The van der Waals surface area contributed by atoms with Gasteiger partial charge in [0, 0.05) is 6.54 Å².